The van der Waals surface area contributed by atoms with Gasteiger partial charge in [0, 0.05) is 11.5 Å². The maximum atomic E-state index is 11.6. The second-order valence-electron chi connectivity index (χ2n) is 6.65. The molecule has 0 radical (unpaired) electrons. The number of rotatable bonds is 0. The van der Waals surface area contributed by atoms with Crippen molar-refractivity contribution < 1.29 is 9.53 Å². The topological polar surface area (TPSA) is 26.3 Å². The average molecular weight is 234 g/mol. The molecular weight excluding hydrogens is 212 g/mol. The minimum Gasteiger partial charge on any atom is -0.458 e. The van der Waals surface area contributed by atoms with E-state index in [9.17, 15) is 4.79 Å². The molecule has 0 aromatic carbocycles. The number of hydrogen-bond donors (Lipinski definition) is 0. The van der Waals surface area contributed by atoms with Crippen LogP contribution in [0.4, 0.5) is 0 Å². The summed E-state index contributed by atoms with van der Waals surface area (Å²) in [6.07, 6.45) is 6.28. The van der Waals surface area contributed by atoms with Crippen molar-refractivity contribution in [3.63, 3.8) is 0 Å². The van der Waals surface area contributed by atoms with Crippen LogP contribution in [0.25, 0.3) is 0 Å². The lowest BCUT2D eigenvalue weighted by Crippen LogP contribution is -2.45. The summed E-state index contributed by atoms with van der Waals surface area (Å²) in [5.41, 5.74) is 1.12. The monoisotopic (exact) mass is 234 g/mol. The zero-order valence-corrected chi connectivity index (χ0v) is 10.9. The molecule has 0 aromatic heterocycles. The van der Waals surface area contributed by atoms with Gasteiger partial charge in [-0.05, 0) is 36.5 Å². The zero-order chi connectivity index (χ0) is 12.2. The van der Waals surface area contributed by atoms with Gasteiger partial charge >= 0.3 is 5.97 Å². The van der Waals surface area contributed by atoms with Crippen LogP contribution >= 0.6 is 0 Å². The molecule has 2 heteroatoms. The highest BCUT2D eigenvalue weighted by Crippen LogP contribution is 2.56. The Morgan fingerprint density at radius 3 is 3.00 bits per heavy atom. The molecule has 5 atom stereocenters. The molecule has 2 aliphatic carbocycles. The van der Waals surface area contributed by atoms with E-state index in [1.165, 1.54) is 19.3 Å². The fourth-order valence-electron chi connectivity index (χ4n) is 4.55. The molecule has 0 aromatic rings. The first-order chi connectivity index (χ1) is 8.01. The molecule has 0 amide bonds. The van der Waals surface area contributed by atoms with E-state index in [2.05, 4.69) is 20.4 Å². The lowest BCUT2D eigenvalue weighted by molar-refractivity contribution is -0.143. The first-order valence-corrected chi connectivity index (χ1v) is 6.91. The molecule has 1 aliphatic heterocycles. The fourth-order valence-corrected chi connectivity index (χ4v) is 4.55. The number of carbonyl (C=O) groups excluding carboxylic acids is 1. The fraction of sp³-hybridized carbons (Fsp3) is 0.800. The van der Waals surface area contributed by atoms with Gasteiger partial charge in [-0.3, -0.25) is 0 Å². The van der Waals surface area contributed by atoms with Crippen LogP contribution in [0.15, 0.2) is 12.2 Å². The van der Waals surface area contributed by atoms with Crippen molar-refractivity contribution in [3.8, 4) is 0 Å². The van der Waals surface area contributed by atoms with Gasteiger partial charge in [0.2, 0.25) is 0 Å². The van der Waals surface area contributed by atoms with Gasteiger partial charge in [0.1, 0.15) is 6.10 Å². The molecule has 0 unspecified atom stereocenters. The summed E-state index contributed by atoms with van der Waals surface area (Å²) in [5, 5.41) is 0. The Balaban J connectivity index is 1.88. The summed E-state index contributed by atoms with van der Waals surface area (Å²) in [7, 11) is 0. The van der Waals surface area contributed by atoms with Crippen LogP contribution in [0.5, 0.6) is 0 Å². The highest BCUT2D eigenvalue weighted by molar-refractivity contribution is 5.90. The normalized spacial score (nSPS) is 49.5. The Kier molecular flexibility index (Phi) is 2.39. The lowest BCUT2D eigenvalue weighted by atomic mass is 9.54. The average Bonchev–Trinajstić information content (AvgIpc) is 2.52. The number of ether oxygens (including phenoxy) is 1. The zero-order valence-electron chi connectivity index (χ0n) is 10.9. The van der Waals surface area contributed by atoms with Crippen molar-refractivity contribution in [2.75, 3.05) is 0 Å². The summed E-state index contributed by atoms with van der Waals surface area (Å²) in [4.78, 5) is 11.6. The van der Waals surface area contributed by atoms with Crippen molar-refractivity contribution in [3.05, 3.63) is 12.2 Å². The van der Waals surface area contributed by atoms with Gasteiger partial charge < -0.3 is 4.74 Å². The van der Waals surface area contributed by atoms with Gasteiger partial charge in [0.25, 0.3) is 0 Å². The van der Waals surface area contributed by atoms with Gasteiger partial charge in [-0.25, -0.2) is 4.79 Å². The van der Waals surface area contributed by atoms with E-state index in [1.54, 1.807) is 0 Å². The molecule has 94 valence electrons. The first-order valence-electron chi connectivity index (χ1n) is 6.91. The van der Waals surface area contributed by atoms with Gasteiger partial charge in [0.05, 0.1) is 0 Å². The lowest BCUT2D eigenvalue weighted by Gasteiger charge is -2.51. The second-order valence-corrected chi connectivity index (χ2v) is 6.65. The van der Waals surface area contributed by atoms with Crippen LogP contribution in [-0.2, 0) is 9.53 Å². The smallest absolute Gasteiger partial charge is 0.334 e. The summed E-state index contributed by atoms with van der Waals surface area (Å²) in [6, 6.07) is 0. The summed E-state index contributed by atoms with van der Waals surface area (Å²) in [5.74, 6) is 1.71. The van der Waals surface area contributed by atoms with Crippen LogP contribution in [-0.4, -0.2) is 12.1 Å². The van der Waals surface area contributed by atoms with Crippen LogP contribution < -0.4 is 0 Å². The van der Waals surface area contributed by atoms with E-state index in [4.69, 9.17) is 4.74 Å². The van der Waals surface area contributed by atoms with Gasteiger partial charge in [0.15, 0.2) is 0 Å². The van der Waals surface area contributed by atoms with Crippen molar-refractivity contribution in [1.82, 2.24) is 0 Å². The maximum absolute atomic E-state index is 11.6. The van der Waals surface area contributed by atoms with E-state index in [0.29, 0.717) is 11.3 Å². The Morgan fingerprint density at radius 1 is 1.47 bits per heavy atom. The quantitative estimate of drug-likeness (QED) is 0.475. The van der Waals surface area contributed by atoms with Gasteiger partial charge in [-0.15, -0.1) is 0 Å². The Labute approximate surface area is 103 Å². The third kappa shape index (κ3) is 1.56. The van der Waals surface area contributed by atoms with E-state index < -0.39 is 0 Å². The van der Waals surface area contributed by atoms with Crippen molar-refractivity contribution in [1.29, 1.82) is 0 Å². The van der Waals surface area contributed by atoms with Gasteiger partial charge in [-0.1, -0.05) is 33.3 Å². The Bertz CT molecular complexity index is 373. The molecule has 3 rings (SSSR count). The molecule has 3 aliphatic rings. The third-order valence-electron chi connectivity index (χ3n) is 5.58. The molecule has 0 N–H and O–H groups in total. The van der Waals surface area contributed by atoms with E-state index >= 15 is 0 Å². The first kappa shape index (κ1) is 11.3. The summed E-state index contributed by atoms with van der Waals surface area (Å²) >= 11 is 0. The van der Waals surface area contributed by atoms with Crippen LogP contribution in [0.2, 0.25) is 0 Å². The molecule has 0 bridgehead atoms. The van der Waals surface area contributed by atoms with E-state index in [-0.39, 0.29) is 12.1 Å². The highest BCUT2D eigenvalue weighted by atomic mass is 16.6. The van der Waals surface area contributed by atoms with Crippen LogP contribution in [0, 0.1) is 23.2 Å². The number of esters is 1. The SMILES string of the molecule is C=C1C(=O)O[C@@H]2C[C@]3(C)CCC[C@@H](C)[C@H]3C[C@H]12. The maximum Gasteiger partial charge on any atom is 0.334 e. The molecule has 1 saturated heterocycles. The largest absolute Gasteiger partial charge is 0.458 e. The van der Waals surface area contributed by atoms with Crippen molar-refractivity contribution in [2.45, 2.75) is 52.1 Å². The Morgan fingerprint density at radius 2 is 2.24 bits per heavy atom. The van der Waals surface area contributed by atoms with Crippen molar-refractivity contribution in [2.24, 2.45) is 23.2 Å². The molecule has 2 saturated carbocycles. The number of hydrogen-bond acceptors (Lipinski definition) is 2. The number of carbonyl (C=O) groups is 1. The predicted octanol–water partition coefficient (Wildman–Crippen LogP) is 3.32. The standard InChI is InChI=1S/C15H22O2/c1-9-5-4-6-15(3)8-13-11(7-12(9)15)10(2)14(16)17-13/h9,11-13H,2,4-8H2,1,3H3/t9-,11-,12-,13-,15+/m1/s1. The third-order valence-corrected chi connectivity index (χ3v) is 5.58. The molecule has 2 nitrogen and oxygen atoms in total. The predicted molar refractivity (Wildman–Crippen MR) is 66.4 cm³/mol. The molecule has 17 heavy (non-hydrogen) atoms. The van der Waals surface area contributed by atoms with Crippen LogP contribution in [0.1, 0.15) is 46.0 Å². The Hall–Kier alpha value is -0.790. The molecule has 3 fully saturated rings. The molecule has 1 heterocycles. The van der Waals surface area contributed by atoms with Crippen molar-refractivity contribution >= 4 is 5.97 Å². The van der Waals surface area contributed by atoms with Crippen LogP contribution in [0.3, 0.4) is 0 Å². The second kappa shape index (κ2) is 3.60. The van der Waals surface area contributed by atoms with E-state index in [1.807, 2.05) is 0 Å². The molecular formula is C15H22O2. The molecule has 0 spiro atoms. The number of fused-ring (bicyclic) bond motifs is 2. The van der Waals surface area contributed by atoms with E-state index in [0.717, 1.165) is 30.3 Å². The summed E-state index contributed by atoms with van der Waals surface area (Å²) in [6.45, 7) is 8.71. The minimum absolute atomic E-state index is 0.126. The summed E-state index contributed by atoms with van der Waals surface area (Å²) < 4.78 is 5.49. The minimum atomic E-state index is -0.144. The van der Waals surface area contributed by atoms with Gasteiger partial charge in [-0.2, -0.15) is 0 Å². The highest BCUT2D eigenvalue weighted by Gasteiger charge is 2.53.